The molecule has 0 atom stereocenters. The van der Waals surface area contributed by atoms with Crippen LogP contribution in [0.15, 0.2) is 41.5 Å². The molecular formula is C20H24N2O3. The fourth-order valence-corrected chi connectivity index (χ4v) is 2.31. The minimum atomic E-state index is -0.303. The molecule has 0 radical (unpaired) electrons. The summed E-state index contributed by atoms with van der Waals surface area (Å²) in [7, 11) is 0. The van der Waals surface area contributed by atoms with Crippen molar-refractivity contribution in [3.05, 3.63) is 58.7 Å². The van der Waals surface area contributed by atoms with Crippen LogP contribution in [0.2, 0.25) is 0 Å². The SMILES string of the molecule is CCOc1ccc(/C=N/NC(=O)COc2c(C)ccc(C)c2C)cc1. The normalized spacial score (nSPS) is 10.7. The lowest BCUT2D eigenvalue weighted by Gasteiger charge is -2.13. The summed E-state index contributed by atoms with van der Waals surface area (Å²) in [6, 6.07) is 11.5. The van der Waals surface area contributed by atoms with Crippen LogP contribution in [-0.4, -0.2) is 25.3 Å². The van der Waals surface area contributed by atoms with Crippen molar-refractivity contribution < 1.29 is 14.3 Å². The number of carbonyl (C=O) groups excluding carboxylic acids is 1. The largest absolute Gasteiger partial charge is 0.494 e. The second kappa shape index (κ2) is 8.87. The van der Waals surface area contributed by atoms with Gasteiger partial charge in [-0.1, -0.05) is 12.1 Å². The third kappa shape index (κ3) is 5.35. The number of rotatable bonds is 7. The summed E-state index contributed by atoms with van der Waals surface area (Å²) in [5, 5.41) is 3.95. The number of nitrogens with one attached hydrogen (secondary N) is 1. The monoisotopic (exact) mass is 340 g/mol. The van der Waals surface area contributed by atoms with Crippen LogP contribution >= 0.6 is 0 Å². The Hall–Kier alpha value is -2.82. The van der Waals surface area contributed by atoms with E-state index in [9.17, 15) is 4.79 Å². The van der Waals surface area contributed by atoms with Crippen LogP contribution in [0, 0.1) is 20.8 Å². The summed E-state index contributed by atoms with van der Waals surface area (Å²) < 4.78 is 11.0. The van der Waals surface area contributed by atoms with E-state index in [-0.39, 0.29) is 12.5 Å². The molecule has 0 aliphatic rings. The molecule has 1 amide bonds. The van der Waals surface area contributed by atoms with E-state index in [1.807, 2.05) is 64.1 Å². The van der Waals surface area contributed by atoms with E-state index in [2.05, 4.69) is 10.5 Å². The highest BCUT2D eigenvalue weighted by Crippen LogP contribution is 2.25. The molecular weight excluding hydrogens is 316 g/mol. The molecule has 0 aliphatic heterocycles. The maximum absolute atomic E-state index is 11.9. The number of benzene rings is 2. The molecule has 1 N–H and O–H groups in total. The molecule has 0 aliphatic carbocycles. The van der Waals surface area contributed by atoms with Crippen molar-refractivity contribution in [2.45, 2.75) is 27.7 Å². The third-order valence-corrected chi connectivity index (χ3v) is 3.82. The van der Waals surface area contributed by atoms with Crippen LogP contribution in [0.5, 0.6) is 11.5 Å². The van der Waals surface area contributed by atoms with Crippen molar-refractivity contribution in [1.29, 1.82) is 0 Å². The number of hydrazone groups is 1. The van der Waals surface area contributed by atoms with E-state index in [0.717, 1.165) is 33.8 Å². The first-order valence-electron chi connectivity index (χ1n) is 8.25. The van der Waals surface area contributed by atoms with Crippen LogP contribution in [0.3, 0.4) is 0 Å². The van der Waals surface area contributed by atoms with Gasteiger partial charge in [-0.2, -0.15) is 5.10 Å². The average molecular weight is 340 g/mol. The van der Waals surface area contributed by atoms with Gasteiger partial charge in [0.25, 0.3) is 5.91 Å². The van der Waals surface area contributed by atoms with Crippen LogP contribution in [0.1, 0.15) is 29.2 Å². The number of nitrogens with zero attached hydrogens (tertiary/aromatic N) is 1. The smallest absolute Gasteiger partial charge is 0.277 e. The molecule has 0 saturated carbocycles. The van der Waals surface area contributed by atoms with E-state index in [4.69, 9.17) is 9.47 Å². The Morgan fingerprint density at radius 3 is 2.40 bits per heavy atom. The minimum Gasteiger partial charge on any atom is -0.494 e. The molecule has 2 aromatic carbocycles. The van der Waals surface area contributed by atoms with Gasteiger partial charge in [0, 0.05) is 0 Å². The van der Waals surface area contributed by atoms with Crippen molar-refractivity contribution in [2.24, 2.45) is 5.10 Å². The molecule has 0 heterocycles. The second-order valence-electron chi connectivity index (χ2n) is 5.74. The molecule has 0 saturated heterocycles. The van der Waals surface area contributed by atoms with Gasteiger partial charge in [0.05, 0.1) is 12.8 Å². The van der Waals surface area contributed by atoms with Crippen LogP contribution in [0.4, 0.5) is 0 Å². The summed E-state index contributed by atoms with van der Waals surface area (Å²) in [6.07, 6.45) is 1.58. The molecule has 0 fully saturated rings. The number of aryl methyl sites for hydroxylation is 2. The number of amides is 1. The first kappa shape index (κ1) is 18.5. The summed E-state index contributed by atoms with van der Waals surface area (Å²) >= 11 is 0. The lowest BCUT2D eigenvalue weighted by molar-refractivity contribution is -0.123. The maximum atomic E-state index is 11.9. The van der Waals surface area contributed by atoms with Gasteiger partial charge in [0.15, 0.2) is 6.61 Å². The second-order valence-corrected chi connectivity index (χ2v) is 5.74. The molecule has 2 rings (SSSR count). The number of carbonyl (C=O) groups is 1. The Morgan fingerprint density at radius 1 is 1.04 bits per heavy atom. The lowest BCUT2D eigenvalue weighted by Crippen LogP contribution is -2.25. The molecule has 0 spiro atoms. The average Bonchev–Trinajstić information content (AvgIpc) is 2.60. The highest BCUT2D eigenvalue weighted by molar-refractivity contribution is 5.83. The Labute approximate surface area is 148 Å². The van der Waals surface area contributed by atoms with Crippen LogP contribution < -0.4 is 14.9 Å². The highest BCUT2D eigenvalue weighted by Gasteiger charge is 2.08. The fourth-order valence-electron chi connectivity index (χ4n) is 2.31. The molecule has 0 bridgehead atoms. The van der Waals surface area contributed by atoms with Crippen LogP contribution in [0.25, 0.3) is 0 Å². The summed E-state index contributed by atoms with van der Waals surface area (Å²) in [4.78, 5) is 11.9. The van der Waals surface area contributed by atoms with Gasteiger partial charge in [-0.15, -0.1) is 0 Å². The van der Waals surface area contributed by atoms with E-state index in [0.29, 0.717) is 6.61 Å². The molecule has 2 aromatic rings. The summed E-state index contributed by atoms with van der Waals surface area (Å²) in [5.74, 6) is 1.26. The van der Waals surface area contributed by atoms with Gasteiger partial charge >= 0.3 is 0 Å². The lowest BCUT2D eigenvalue weighted by atomic mass is 10.1. The van der Waals surface area contributed by atoms with Gasteiger partial charge in [0.1, 0.15) is 11.5 Å². The molecule has 132 valence electrons. The van der Waals surface area contributed by atoms with Crippen LogP contribution in [-0.2, 0) is 4.79 Å². The fraction of sp³-hybridized carbons (Fsp3) is 0.300. The molecule has 25 heavy (non-hydrogen) atoms. The summed E-state index contributed by atoms with van der Waals surface area (Å²) in [6.45, 7) is 8.45. The van der Waals surface area contributed by atoms with Gasteiger partial charge in [-0.3, -0.25) is 4.79 Å². The third-order valence-electron chi connectivity index (χ3n) is 3.82. The zero-order chi connectivity index (χ0) is 18.2. The predicted octanol–water partition coefficient (Wildman–Crippen LogP) is 3.54. The Morgan fingerprint density at radius 2 is 1.72 bits per heavy atom. The van der Waals surface area contributed by atoms with E-state index >= 15 is 0 Å². The van der Waals surface area contributed by atoms with Gasteiger partial charge in [-0.25, -0.2) is 5.43 Å². The number of ether oxygens (including phenoxy) is 2. The van der Waals surface area contributed by atoms with Crippen molar-refractivity contribution in [3.63, 3.8) is 0 Å². The topological polar surface area (TPSA) is 59.9 Å². The Bertz CT molecular complexity index is 752. The van der Waals surface area contributed by atoms with E-state index < -0.39 is 0 Å². The molecule has 5 nitrogen and oxygen atoms in total. The van der Waals surface area contributed by atoms with Gasteiger partial charge in [-0.05, 0) is 74.2 Å². The number of hydrogen-bond donors (Lipinski definition) is 1. The predicted molar refractivity (Wildman–Crippen MR) is 99.5 cm³/mol. The zero-order valence-electron chi connectivity index (χ0n) is 15.1. The first-order valence-corrected chi connectivity index (χ1v) is 8.25. The number of hydrogen-bond acceptors (Lipinski definition) is 4. The zero-order valence-corrected chi connectivity index (χ0v) is 15.1. The van der Waals surface area contributed by atoms with Crippen molar-refractivity contribution in [1.82, 2.24) is 5.43 Å². The van der Waals surface area contributed by atoms with E-state index in [1.54, 1.807) is 6.21 Å². The Balaban J connectivity index is 1.85. The van der Waals surface area contributed by atoms with Gasteiger partial charge < -0.3 is 9.47 Å². The van der Waals surface area contributed by atoms with Crippen molar-refractivity contribution in [2.75, 3.05) is 13.2 Å². The standard InChI is InChI=1S/C20H24N2O3/c1-5-24-18-10-8-17(9-11-18)12-21-22-19(23)13-25-20-15(3)7-6-14(2)16(20)4/h6-12H,5,13H2,1-4H3,(H,22,23)/b21-12+. The highest BCUT2D eigenvalue weighted by atomic mass is 16.5. The maximum Gasteiger partial charge on any atom is 0.277 e. The molecule has 0 unspecified atom stereocenters. The van der Waals surface area contributed by atoms with E-state index in [1.165, 1.54) is 0 Å². The quantitative estimate of drug-likeness (QED) is 0.619. The van der Waals surface area contributed by atoms with Crippen molar-refractivity contribution >= 4 is 12.1 Å². The molecule has 0 aromatic heterocycles. The Kier molecular flexibility index (Phi) is 6.57. The minimum absolute atomic E-state index is 0.0776. The molecule has 5 heteroatoms. The van der Waals surface area contributed by atoms with Gasteiger partial charge in [0.2, 0.25) is 0 Å². The first-order chi connectivity index (χ1) is 12.0. The van der Waals surface area contributed by atoms with Crippen molar-refractivity contribution in [3.8, 4) is 11.5 Å². The summed E-state index contributed by atoms with van der Waals surface area (Å²) in [5.41, 5.74) is 6.53.